The van der Waals surface area contributed by atoms with E-state index in [0.29, 0.717) is 0 Å². The maximum atomic E-state index is 6.09. The van der Waals surface area contributed by atoms with Gasteiger partial charge in [0, 0.05) is 22.3 Å². The van der Waals surface area contributed by atoms with Crippen molar-refractivity contribution in [2.45, 2.75) is 6.42 Å². The lowest BCUT2D eigenvalue weighted by molar-refractivity contribution is 1.18. The summed E-state index contributed by atoms with van der Waals surface area (Å²) in [6.07, 6.45) is 2.99. The maximum absolute atomic E-state index is 6.09. The van der Waals surface area contributed by atoms with Crippen LogP contribution >= 0.6 is 11.6 Å². The van der Waals surface area contributed by atoms with Gasteiger partial charge in [0.2, 0.25) is 0 Å². The lowest BCUT2D eigenvalue weighted by atomic mass is 10.0. The first-order valence-corrected chi connectivity index (χ1v) is 10.0. The molecule has 0 spiro atoms. The highest BCUT2D eigenvalue weighted by Gasteiger charge is 2.15. The van der Waals surface area contributed by atoms with Gasteiger partial charge in [-0.2, -0.15) is 0 Å². The maximum Gasteiger partial charge on any atom is 0.137 e. The Labute approximate surface area is 175 Å². The lowest BCUT2D eigenvalue weighted by Gasteiger charge is -2.08. The Hall–Kier alpha value is -3.36. The van der Waals surface area contributed by atoms with Crippen LogP contribution in [0.3, 0.4) is 0 Å². The largest absolute Gasteiger partial charge is 0.299 e. The molecule has 0 aliphatic heterocycles. The number of imidazole rings is 1. The number of rotatable bonds is 4. The molecule has 0 N–H and O–H groups in total. The molecular formula is C26H19ClN2. The quantitative estimate of drug-likeness (QED) is 0.323. The minimum absolute atomic E-state index is 0.726. The van der Waals surface area contributed by atoms with E-state index in [2.05, 4.69) is 65.2 Å². The summed E-state index contributed by atoms with van der Waals surface area (Å²) in [7, 11) is 0. The first-order chi connectivity index (χ1) is 14.3. The van der Waals surface area contributed by atoms with Crippen LogP contribution in [0.5, 0.6) is 0 Å². The van der Waals surface area contributed by atoms with Gasteiger partial charge in [0.25, 0.3) is 0 Å². The van der Waals surface area contributed by atoms with Gasteiger partial charge in [0.1, 0.15) is 5.65 Å². The molecule has 0 radical (unpaired) electrons. The van der Waals surface area contributed by atoms with Gasteiger partial charge in [-0.15, -0.1) is 0 Å². The zero-order valence-corrected chi connectivity index (χ0v) is 16.6. The van der Waals surface area contributed by atoms with Crippen LogP contribution in [-0.4, -0.2) is 9.38 Å². The monoisotopic (exact) mass is 394 g/mol. The van der Waals surface area contributed by atoms with Crippen molar-refractivity contribution in [2.75, 3.05) is 0 Å². The first kappa shape index (κ1) is 17.7. The van der Waals surface area contributed by atoms with Crippen LogP contribution in [0.25, 0.3) is 28.2 Å². The number of hydrogen-bond acceptors (Lipinski definition) is 1. The molecule has 0 bridgehead atoms. The van der Waals surface area contributed by atoms with Crippen LogP contribution in [0.1, 0.15) is 11.1 Å². The Kier molecular flexibility index (Phi) is 4.63. The van der Waals surface area contributed by atoms with Crippen molar-refractivity contribution in [1.29, 1.82) is 0 Å². The molecule has 0 amide bonds. The third-order valence-corrected chi connectivity index (χ3v) is 5.38. The third kappa shape index (κ3) is 3.55. The molecule has 0 aliphatic rings. The van der Waals surface area contributed by atoms with Crippen LogP contribution in [0.2, 0.25) is 5.02 Å². The second-order valence-electron chi connectivity index (χ2n) is 7.10. The average molecular weight is 395 g/mol. The van der Waals surface area contributed by atoms with Crippen LogP contribution < -0.4 is 0 Å². The Bertz CT molecular complexity index is 1250. The fourth-order valence-electron chi connectivity index (χ4n) is 3.69. The van der Waals surface area contributed by atoms with E-state index in [9.17, 15) is 0 Å². The number of benzene rings is 3. The number of halogens is 1. The molecule has 3 heteroatoms. The molecule has 2 heterocycles. The van der Waals surface area contributed by atoms with Crippen molar-refractivity contribution in [3.05, 3.63) is 119 Å². The molecule has 5 aromatic rings. The van der Waals surface area contributed by atoms with Crippen LogP contribution in [0.15, 0.2) is 103 Å². The summed E-state index contributed by atoms with van der Waals surface area (Å²) in [5.41, 5.74) is 7.80. The Morgan fingerprint density at radius 3 is 2.07 bits per heavy atom. The minimum atomic E-state index is 0.726. The summed E-state index contributed by atoms with van der Waals surface area (Å²) in [6.45, 7) is 0. The highest BCUT2D eigenvalue weighted by Crippen LogP contribution is 2.33. The summed E-state index contributed by atoms with van der Waals surface area (Å²) >= 11 is 6.09. The zero-order chi connectivity index (χ0) is 19.6. The molecule has 0 aliphatic carbocycles. The number of pyridine rings is 1. The van der Waals surface area contributed by atoms with Crippen LogP contribution in [-0.2, 0) is 6.42 Å². The van der Waals surface area contributed by atoms with Crippen molar-refractivity contribution in [3.63, 3.8) is 0 Å². The number of aromatic nitrogens is 2. The number of fused-ring (bicyclic) bond motifs is 1. The summed E-state index contributed by atoms with van der Waals surface area (Å²) in [5, 5.41) is 0.726. The molecule has 0 saturated carbocycles. The van der Waals surface area contributed by atoms with Crippen molar-refractivity contribution in [2.24, 2.45) is 0 Å². The highest BCUT2D eigenvalue weighted by molar-refractivity contribution is 6.30. The molecule has 2 aromatic heterocycles. The molecule has 2 nitrogen and oxygen atoms in total. The van der Waals surface area contributed by atoms with E-state index in [-0.39, 0.29) is 0 Å². The van der Waals surface area contributed by atoms with Crippen LogP contribution in [0.4, 0.5) is 0 Å². The van der Waals surface area contributed by atoms with Gasteiger partial charge in [0.05, 0.1) is 11.4 Å². The van der Waals surface area contributed by atoms with Gasteiger partial charge in [-0.05, 0) is 41.8 Å². The van der Waals surface area contributed by atoms with E-state index < -0.39 is 0 Å². The Morgan fingerprint density at radius 1 is 0.655 bits per heavy atom. The lowest BCUT2D eigenvalue weighted by Crippen LogP contribution is -1.91. The first-order valence-electron chi connectivity index (χ1n) is 9.64. The molecule has 0 saturated heterocycles. The SMILES string of the molecule is Clc1ccc(-c2nc3ccccn3c2-c2ccc(Cc3ccccc3)cc2)cc1. The topological polar surface area (TPSA) is 17.3 Å². The summed E-state index contributed by atoms with van der Waals surface area (Å²) < 4.78 is 2.15. The zero-order valence-electron chi connectivity index (χ0n) is 15.8. The predicted octanol–water partition coefficient (Wildman–Crippen LogP) is 6.91. The van der Waals surface area contributed by atoms with E-state index in [1.165, 1.54) is 11.1 Å². The standard InChI is InChI=1S/C26H19ClN2/c27-23-15-13-21(14-16-23)25-26(29-17-5-4-8-24(29)28-25)22-11-9-20(10-12-22)18-19-6-2-1-3-7-19/h1-17H,18H2. The molecule has 140 valence electrons. The van der Waals surface area contributed by atoms with E-state index >= 15 is 0 Å². The molecule has 0 unspecified atom stereocenters. The average Bonchev–Trinajstić information content (AvgIpc) is 3.15. The fraction of sp³-hybridized carbons (Fsp3) is 0.0385. The normalized spacial score (nSPS) is 11.1. The molecule has 0 atom stereocenters. The van der Waals surface area contributed by atoms with Crippen molar-refractivity contribution in [1.82, 2.24) is 9.38 Å². The molecule has 0 fully saturated rings. The predicted molar refractivity (Wildman–Crippen MR) is 120 cm³/mol. The van der Waals surface area contributed by atoms with Gasteiger partial charge in [-0.1, -0.05) is 84.4 Å². The number of nitrogens with zero attached hydrogens (tertiary/aromatic N) is 2. The van der Waals surface area contributed by atoms with E-state index in [0.717, 1.165) is 39.6 Å². The fourth-order valence-corrected chi connectivity index (χ4v) is 3.82. The smallest absolute Gasteiger partial charge is 0.137 e. The second kappa shape index (κ2) is 7.57. The molecule has 5 rings (SSSR count). The number of hydrogen-bond donors (Lipinski definition) is 0. The van der Waals surface area contributed by atoms with Gasteiger partial charge in [-0.3, -0.25) is 4.40 Å². The summed E-state index contributed by atoms with van der Waals surface area (Å²) in [5.74, 6) is 0. The van der Waals surface area contributed by atoms with E-state index in [4.69, 9.17) is 16.6 Å². The van der Waals surface area contributed by atoms with Gasteiger partial charge < -0.3 is 0 Å². The molecular weight excluding hydrogens is 376 g/mol. The van der Waals surface area contributed by atoms with Crippen molar-refractivity contribution in [3.8, 4) is 22.5 Å². The van der Waals surface area contributed by atoms with E-state index in [1.54, 1.807) is 0 Å². The Morgan fingerprint density at radius 2 is 1.31 bits per heavy atom. The summed E-state index contributed by atoms with van der Waals surface area (Å²) in [6, 6.07) is 33.3. The molecule has 29 heavy (non-hydrogen) atoms. The minimum Gasteiger partial charge on any atom is -0.299 e. The van der Waals surface area contributed by atoms with E-state index in [1.807, 2.05) is 42.5 Å². The second-order valence-corrected chi connectivity index (χ2v) is 7.54. The third-order valence-electron chi connectivity index (χ3n) is 5.13. The van der Waals surface area contributed by atoms with Gasteiger partial charge >= 0.3 is 0 Å². The van der Waals surface area contributed by atoms with Gasteiger partial charge in [-0.25, -0.2) is 4.98 Å². The van der Waals surface area contributed by atoms with Gasteiger partial charge in [0.15, 0.2) is 0 Å². The van der Waals surface area contributed by atoms with Crippen LogP contribution in [0, 0.1) is 0 Å². The highest BCUT2D eigenvalue weighted by atomic mass is 35.5. The summed E-state index contributed by atoms with van der Waals surface area (Å²) in [4.78, 5) is 4.90. The Balaban J connectivity index is 1.59. The van der Waals surface area contributed by atoms with Crippen molar-refractivity contribution < 1.29 is 0 Å². The van der Waals surface area contributed by atoms with Crippen molar-refractivity contribution >= 4 is 17.2 Å². The molecule has 3 aromatic carbocycles.